The van der Waals surface area contributed by atoms with Crippen molar-refractivity contribution in [3.8, 4) is 0 Å². The predicted octanol–water partition coefficient (Wildman–Crippen LogP) is 3.53. The summed E-state index contributed by atoms with van der Waals surface area (Å²) >= 11 is 5.37. The third-order valence-corrected chi connectivity index (χ3v) is 2.82. The Morgan fingerprint density at radius 1 is 1.20 bits per heavy atom. The molecule has 2 heteroatoms. The van der Waals surface area contributed by atoms with E-state index in [0.29, 0.717) is 0 Å². The Bertz CT molecular complexity index is 303. The number of benzene rings is 1. The fourth-order valence-electron chi connectivity index (χ4n) is 1.42. The quantitative estimate of drug-likeness (QED) is 0.414. The molecule has 1 aromatic rings. The Balaban J connectivity index is 2.37. The lowest BCUT2D eigenvalue weighted by molar-refractivity contribution is 0.193. The molecule has 0 aliphatic carbocycles. The number of thiocarbonyl (C=S) groups is 1. The summed E-state index contributed by atoms with van der Waals surface area (Å²) in [7, 11) is 1.73. The molecule has 0 saturated carbocycles. The Morgan fingerprint density at radius 2 is 1.87 bits per heavy atom. The number of ether oxygens (including phenoxy) is 1. The van der Waals surface area contributed by atoms with Crippen LogP contribution in [0.5, 0.6) is 0 Å². The smallest absolute Gasteiger partial charge is 0.0462 e. The first-order valence-corrected chi connectivity index (χ1v) is 5.73. The summed E-state index contributed by atoms with van der Waals surface area (Å²) in [4.78, 5) is 1.06. The number of rotatable bonds is 6. The summed E-state index contributed by atoms with van der Waals surface area (Å²) in [6.07, 6.45) is 3.19. The summed E-state index contributed by atoms with van der Waals surface area (Å²) in [5.41, 5.74) is 2.47. The van der Waals surface area contributed by atoms with Crippen molar-refractivity contribution in [1.29, 1.82) is 0 Å². The van der Waals surface area contributed by atoms with Crippen LogP contribution < -0.4 is 0 Å². The molecule has 15 heavy (non-hydrogen) atoms. The largest absolute Gasteiger partial charge is 0.385 e. The minimum atomic E-state index is 0.830. The lowest BCUT2D eigenvalue weighted by Crippen LogP contribution is -1.98. The van der Waals surface area contributed by atoms with E-state index in [1.54, 1.807) is 7.11 Å². The van der Waals surface area contributed by atoms with Crippen molar-refractivity contribution in [1.82, 2.24) is 0 Å². The van der Waals surface area contributed by atoms with Crippen LogP contribution in [0, 0.1) is 6.92 Å². The Hall–Kier alpha value is -0.730. The summed E-state index contributed by atoms with van der Waals surface area (Å²) in [6, 6.07) is 8.43. The van der Waals surface area contributed by atoms with Crippen molar-refractivity contribution < 1.29 is 4.74 Å². The minimum absolute atomic E-state index is 0.830. The molecule has 82 valence electrons. The molecule has 0 radical (unpaired) electrons. The third kappa shape index (κ3) is 4.54. The first-order chi connectivity index (χ1) is 7.24. The van der Waals surface area contributed by atoms with Crippen LogP contribution in [0.2, 0.25) is 0 Å². The van der Waals surface area contributed by atoms with Gasteiger partial charge in [-0.1, -0.05) is 42.0 Å². The number of methoxy groups -OCH3 is 1. The summed E-state index contributed by atoms with van der Waals surface area (Å²) in [5.74, 6) is 0. The zero-order chi connectivity index (χ0) is 11.1. The van der Waals surface area contributed by atoms with E-state index in [0.717, 1.165) is 30.7 Å². The van der Waals surface area contributed by atoms with E-state index in [1.165, 1.54) is 11.1 Å². The van der Waals surface area contributed by atoms with Crippen molar-refractivity contribution in [3.05, 3.63) is 35.4 Å². The fourth-order valence-corrected chi connectivity index (χ4v) is 1.70. The van der Waals surface area contributed by atoms with Crippen LogP contribution in [0.1, 0.15) is 30.4 Å². The highest BCUT2D eigenvalue weighted by Crippen LogP contribution is 2.09. The lowest BCUT2D eigenvalue weighted by atomic mass is 10.1. The zero-order valence-electron chi connectivity index (χ0n) is 9.45. The second-order valence-corrected chi connectivity index (χ2v) is 4.23. The molecule has 0 unspecified atom stereocenters. The van der Waals surface area contributed by atoms with Crippen LogP contribution in [0.15, 0.2) is 24.3 Å². The highest BCUT2D eigenvalue weighted by molar-refractivity contribution is 7.80. The van der Waals surface area contributed by atoms with Gasteiger partial charge in [0.05, 0.1) is 0 Å². The van der Waals surface area contributed by atoms with E-state index < -0.39 is 0 Å². The Kier molecular flexibility index (Phi) is 5.51. The number of hydrogen-bond acceptors (Lipinski definition) is 2. The van der Waals surface area contributed by atoms with Crippen LogP contribution in [-0.2, 0) is 4.74 Å². The number of unbranched alkanes of at least 4 members (excludes halogenated alkanes) is 1. The summed E-state index contributed by atoms with van der Waals surface area (Å²) in [5, 5.41) is 0. The molecule has 1 aromatic carbocycles. The molecule has 0 aromatic heterocycles. The van der Waals surface area contributed by atoms with Gasteiger partial charge >= 0.3 is 0 Å². The Labute approximate surface area is 97.5 Å². The van der Waals surface area contributed by atoms with E-state index in [4.69, 9.17) is 17.0 Å². The molecule has 0 aliphatic rings. The Morgan fingerprint density at radius 3 is 2.47 bits per heavy atom. The molecule has 0 saturated heterocycles. The molecule has 1 nitrogen and oxygen atoms in total. The van der Waals surface area contributed by atoms with E-state index in [2.05, 4.69) is 31.2 Å². The highest BCUT2D eigenvalue weighted by Gasteiger charge is 2.00. The maximum atomic E-state index is 5.37. The van der Waals surface area contributed by atoms with Crippen LogP contribution in [0.3, 0.4) is 0 Å². The molecular formula is C13H18OS. The monoisotopic (exact) mass is 222 g/mol. The van der Waals surface area contributed by atoms with Gasteiger partial charge in [0, 0.05) is 18.6 Å². The summed E-state index contributed by atoms with van der Waals surface area (Å²) in [6.45, 7) is 2.92. The van der Waals surface area contributed by atoms with E-state index in [9.17, 15) is 0 Å². The minimum Gasteiger partial charge on any atom is -0.385 e. The number of hydrogen-bond donors (Lipinski definition) is 0. The first kappa shape index (κ1) is 12.3. The fraction of sp³-hybridized carbons (Fsp3) is 0.462. The van der Waals surface area contributed by atoms with Crippen LogP contribution in [0.4, 0.5) is 0 Å². The van der Waals surface area contributed by atoms with E-state index in [1.807, 2.05) is 0 Å². The lowest BCUT2D eigenvalue weighted by Gasteiger charge is -2.04. The second kappa shape index (κ2) is 6.70. The topological polar surface area (TPSA) is 9.23 Å². The van der Waals surface area contributed by atoms with Crippen molar-refractivity contribution in [2.75, 3.05) is 13.7 Å². The SMILES string of the molecule is COCCCCC(=S)c1ccc(C)cc1. The first-order valence-electron chi connectivity index (χ1n) is 5.33. The van der Waals surface area contributed by atoms with Crippen molar-refractivity contribution in [2.45, 2.75) is 26.2 Å². The normalized spacial score (nSPS) is 10.3. The van der Waals surface area contributed by atoms with Gasteiger partial charge in [-0.2, -0.15) is 0 Å². The molecule has 0 heterocycles. The third-order valence-electron chi connectivity index (χ3n) is 2.38. The molecule has 0 fully saturated rings. The van der Waals surface area contributed by atoms with Gasteiger partial charge in [0.1, 0.15) is 0 Å². The van der Waals surface area contributed by atoms with E-state index in [-0.39, 0.29) is 0 Å². The highest BCUT2D eigenvalue weighted by atomic mass is 32.1. The standard InChI is InChI=1S/C13H18OS/c1-11-6-8-12(9-7-11)13(15)5-3-4-10-14-2/h6-9H,3-5,10H2,1-2H3. The average molecular weight is 222 g/mol. The van der Waals surface area contributed by atoms with Gasteiger partial charge in [-0.15, -0.1) is 0 Å². The van der Waals surface area contributed by atoms with Gasteiger partial charge in [0.15, 0.2) is 0 Å². The zero-order valence-corrected chi connectivity index (χ0v) is 10.3. The van der Waals surface area contributed by atoms with Gasteiger partial charge in [-0.25, -0.2) is 0 Å². The molecule has 0 N–H and O–H groups in total. The molecule has 0 atom stereocenters. The molecular weight excluding hydrogens is 204 g/mol. The van der Waals surface area contributed by atoms with Gasteiger partial charge < -0.3 is 4.74 Å². The van der Waals surface area contributed by atoms with Crippen molar-refractivity contribution in [2.24, 2.45) is 0 Å². The molecule has 1 rings (SSSR count). The van der Waals surface area contributed by atoms with Gasteiger partial charge in [0.25, 0.3) is 0 Å². The van der Waals surface area contributed by atoms with Crippen LogP contribution >= 0.6 is 12.2 Å². The molecule has 0 aliphatic heterocycles. The second-order valence-electron chi connectivity index (χ2n) is 3.74. The summed E-state index contributed by atoms with van der Waals surface area (Å²) < 4.78 is 5.00. The molecule has 0 spiro atoms. The van der Waals surface area contributed by atoms with E-state index >= 15 is 0 Å². The van der Waals surface area contributed by atoms with Gasteiger partial charge in [0.2, 0.25) is 0 Å². The maximum absolute atomic E-state index is 5.37. The molecule has 0 amide bonds. The van der Waals surface area contributed by atoms with Gasteiger partial charge in [-0.05, 0) is 31.7 Å². The van der Waals surface area contributed by atoms with Crippen LogP contribution in [0.25, 0.3) is 0 Å². The van der Waals surface area contributed by atoms with Crippen LogP contribution in [-0.4, -0.2) is 18.6 Å². The van der Waals surface area contributed by atoms with Gasteiger partial charge in [-0.3, -0.25) is 0 Å². The predicted molar refractivity (Wildman–Crippen MR) is 68.6 cm³/mol. The average Bonchev–Trinajstić information content (AvgIpc) is 2.25. The maximum Gasteiger partial charge on any atom is 0.0462 e. The molecule has 0 bridgehead atoms. The number of aryl methyl sites for hydroxylation is 1. The van der Waals surface area contributed by atoms with Crippen molar-refractivity contribution >= 4 is 17.1 Å². The van der Waals surface area contributed by atoms with Crippen molar-refractivity contribution in [3.63, 3.8) is 0 Å².